The molecule has 4 nitrogen and oxygen atoms in total. The lowest BCUT2D eigenvalue weighted by molar-refractivity contribution is 0.0476. The van der Waals surface area contributed by atoms with E-state index in [1.54, 1.807) is 36.4 Å². The quantitative estimate of drug-likeness (QED) is 0.316. The van der Waals surface area contributed by atoms with Gasteiger partial charge in [-0.25, -0.2) is 9.78 Å². The number of ketones is 1. The lowest BCUT2D eigenvalue weighted by Gasteiger charge is -2.09. The van der Waals surface area contributed by atoms with Crippen LogP contribution in [0.5, 0.6) is 0 Å². The van der Waals surface area contributed by atoms with Gasteiger partial charge in [0.25, 0.3) is 0 Å². The molecule has 4 aromatic rings. The van der Waals surface area contributed by atoms with Gasteiger partial charge >= 0.3 is 5.97 Å². The van der Waals surface area contributed by atoms with Crippen LogP contribution in [0.3, 0.4) is 0 Å². The van der Waals surface area contributed by atoms with Crippen LogP contribution in [0.1, 0.15) is 20.7 Å². The number of hydrogen-bond donors (Lipinski definition) is 0. The Bertz CT molecular complexity index is 1170. The number of pyridine rings is 1. The van der Waals surface area contributed by atoms with E-state index in [1.807, 2.05) is 36.4 Å². The first-order valence-electron chi connectivity index (χ1n) is 8.53. The zero-order valence-electron chi connectivity index (χ0n) is 14.6. The summed E-state index contributed by atoms with van der Waals surface area (Å²) in [4.78, 5) is 30.5. The van der Waals surface area contributed by atoms with Gasteiger partial charge < -0.3 is 4.74 Å². The summed E-state index contributed by atoms with van der Waals surface area (Å²) >= 11 is 7.42. The predicted molar refractivity (Wildman–Crippen MR) is 111 cm³/mol. The van der Waals surface area contributed by atoms with Crippen molar-refractivity contribution in [1.82, 2.24) is 4.98 Å². The predicted octanol–water partition coefficient (Wildman–Crippen LogP) is 5.66. The highest BCUT2D eigenvalue weighted by Crippen LogP contribution is 2.32. The van der Waals surface area contributed by atoms with Crippen LogP contribution in [-0.4, -0.2) is 23.3 Å². The molecule has 4 rings (SSSR count). The molecule has 0 atom stereocenters. The van der Waals surface area contributed by atoms with Crippen molar-refractivity contribution < 1.29 is 14.3 Å². The zero-order chi connectivity index (χ0) is 19.5. The fourth-order valence-electron chi connectivity index (χ4n) is 2.84. The summed E-state index contributed by atoms with van der Waals surface area (Å²) < 4.78 is 5.95. The van der Waals surface area contributed by atoms with Crippen LogP contribution >= 0.6 is 22.9 Å². The third-order valence-corrected chi connectivity index (χ3v) is 5.45. The molecule has 0 aliphatic heterocycles. The lowest BCUT2D eigenvalue weighted by atomic mass is 10.1. The van der Waals surface area contributed by atoms with Gasteiger partial charge in [0, 0.05) is 10.9 Å². The molecule has 0 radical (unpaired) electrons. The van der Waals surface area contributed by atoms with Crippen LogP contribution in [0, 0.1) is 0 Å². The molecule has 0 aliphatic carbocycles. The smallest absolute Gasteiger partial charge is 0.339 e. The minimum atomic E-state index is -0.563. The number of aromatic nitrogens is 1. The average molecular weight is 408 g/mol. The Morgan fingerprint density at radius 2 is 1.71 bits per heavy atom. The molecule has 2 aromatic carbocycles. The monoisotopic (exact) mass is 407 g/mol. The number of carbonyl (C=O) groups excluding carboxylic acids is 2. The van der Waals surface area contributed by atoms with Gasteiger partial charge in [0.2, 0.25) is 0 Å². The molecule has 0 N–H and O–H groups in total. The summed E-state index contributed by atoms with van der Waals surface area (Å²) in [5, 5.41) is 0.672. The summed E-state index contributed by atoms with van der Waals surface area (Å²) in [6.07, 6.45) is 0. The van der Waals surface area contributed by atoms with Gasteiger partial charge in [0.05, 0.1) is 26.0 Å². The fourth-order valence-corrected chi connectivity index (χ4v) is 3.84. The number of carbonyl (C=O) groups is 2. The van der Waals surface area contributed by atoms with Crippen molar-refractivity contribution >= 4 is 45.6 Å². The summed E-state index contributed by atoms with van der Waals surface area (Å²) in [7, 11) is 0. The second-order valence-corrected chi connectivity index (χ2v) is 7.76. The van der Waals surface area contributed by atoms with Crippen LogP contribution in [-0.2, 0) is 4.74 Å². The summed E-state index contributed by atoms with van der Waals surface area (Å²) in [5.74, 6) is -0.815. The lowest BCUT2D eigenvalue weighted by Crippen LogP contribution is -2.14. The summed E-state index contributed by atoms with van der Waals surface area (Å²) in [6, 6.07) is 21.4. The number of nitrogens with zero attached hydrogens (tertiary/aromatic N) is 1. The minimum Gasteiger partial charge on any atom is -0.454 e. The van der Waals surface area contributed by atoms with Crippen molar-refractivity contribution in [3.05, 3.63) is 88.3 Å². The first kappa shape index (κ1) is 18.3. The van der Waals surface area contributed by atoms with Crippen LogP contribution in [0.15, 0.2) is 72.8 Å². The summed E-state index contributed by atoms with van der Waals surface area (Å²) in [6.45, 7) is -0.320. The van der Waals surface area contributed by atoms with Crippen LogP contribution in [0.25, 0.3) is 21.5 Å². The van der Waals surface area contributed by atoms with E-state index in [0.717, 1.165) is 4.88 Å². The Morgan fingerprint density at radius 3 is 2.46 bits per heavy atom. The average Bonchev–Trinajstić information content (AvgIpc) is 3.18. The van der Waals surface area contributed by atoms with Crippen molar-refractivity contribution in [2.75, 3.05) is 6.61 Å². The van der Waals surface area contributed by atoms with Crippen LogP contribution < -0.4 is 0 Å². The van der Waals surface area contributed by atoms with Gasteiger partial charge in [0.15, 0.2) is 12.4 Å². The highest BCUT2D eigenvalue weighted by Gasteiger charge is 2.17. The van der Waals surface area contributed by atoms with E-state index < -0.39 is 5.97 Å². The van der Waals surface area contributed by atoms with Crippen molar-refractivity contribution in [3.8, 4) is 10.6 Å². The molecule has 0 amide bonds. The van der Waals surface area contributed by atoms with Gasteiger partial charge in [-0.05, 0) is 24.3 Å². The highest BCUT2D eigenvalue weighted by molar-refractivity contribution is 7.19. The third-order valence-electron chi connectivity index (χ3n) is 4.19. The Morgan fingerprint density at radius 1 is 0.964 bits per heavy atom. The second-order valence-electron chi connectivity index (χ2n) is 6.04. The largest absolute Gasteiger partial charge is 0.454 e. The van der Waals surface area contributed by atoms with E-state index in [4.69, 9.17) is 16.3 Å². The third kappa shape index (κ3) is 3.81. The van der Waals surface area contributed by atoms with Crippen molar-refractivity contribution in [3.63, 3.8) is 0 Å². The molecule has 2 aromatic heterocycles. The van der Waals surface area contributed by atoms with E-state index in [-0.39, 0.29) is 12.4 Å². The fraction of sp³-hybridized carbons (Fsp3) is 0.0455. The first-order chi connectivity index (χ1) is 13.6. The number of para-hydroxylation sites is 1. The molecular formula is C22H14ClNO3S. The molecule has 0 spiro atoms. The maximum absolute atomic E-state index is 12.8. The molecule has 0 saturated heterocycles. The van der Waals surface area contributed by atoms with Gasteiger partial charge in [-0.3, -0.25) is 4.79 Å². The normalized spacial score (nSPS) is 10.8. The van der Waals surface area contributed by atoms with Gasteiger partial charge in [0.1, 0.15) is 0 Å². The molecule has 2 heterocycles. The van der Waals surface area contributed by atoms with E-state index in [1.165, 1.54) is 11.3 Å². The number of fused-ring (bicyclic) bond motifs is 1. The van der Waals surface area contributed by atoms with E-state index in [9.17, 15) is 9.59 Å². The maximum atomic E-state index is 12.8. The minimum absolute atomic E-state index is 0.252. The van der Waals surface area contributed by atoms with E-state index >= 15 is 0 Å². The SMILES string of the molecule is O=C(COC(=O)c1cc(-c2ccc(Cl)s2)nc2ccccc12)c1ccccc1. The van der Waals surface area contributed by atoms with Crippen LogP contribution in [0.4, 0.5) is 0 Å². The number of hydrogen-bond acceptors (Lipinski definition) is 5. The molecule has 28 heavy (non-hydrogen) atoms. The Kier molecular flexibility index (Phi) is 5.19. The van der Waals surface area contributed by atoms with Gasteiger partial charge in [-0.1, -0.05) is 60.1 Å². The van der Waals surface area contributed by atoms with Crippen molar-refractivity contribution in [2.24, 2.45) is 0 Å². The number of ether oxygens (including phenoxy) is 1. The van der Waals surface area contributed by atoms with Crippen molar-refractivity contribution in [2.45, 2.75) is 0 Å². The van der Waals surface area contributed by atoms with Crippen LogP contribution in [0.2, 0.25) is 4.34 Å². The maximum Gasteiger partial charge on any atom is 0.339 e. The number of thiophene rings is 1. The Balaban J connectivity index is 1.65. The van der Waals surface area contributed by atoms with Gasteiger partial charge in [-0.2, -0.15) is 0 Å². The summed E-state index contributed by atoms with van der Waals surface area (Å²) in [5.41, 5.74) is 2.18. The first-order valence-corrected chi connectivity index (χ1v) is 9.72. The molecule has 0 bridgehead atoms. The highest BCUT2D eigenvalue weighted by atomic mass is 35.5. The van der Waals surface area contributed by atoms with Gasteiger partial charge in [-0.15, -0.1) is 11.3 Å². The zero-order valence-corrected chi connectivity index (χ0v) is 16.2. The number of benzene rings is 2. The van der Waals surface area contributed by atoms with E-state index in [2.05, 4.69) is 4.98 Å². The molecular weight excluding hydrogens is 394 g/mol. The Labute approximate surface area is 170 Å². The second kappa shape index (κ2) is 7.92. The number of Topliss-reactive ketones (excluding diaryl/α,β-unsaturated/α-hetero) is 1. The number of rotatable bonds is 5. The Hall–Kier alpha value is -3.02. The topological polar surface area (TPSA) is 56.3 Å². The molecule has 0 fully saturated rings. The molecule has 6 heteroatoms. The molecule has 0 unspecified atom stereocenters. The van der Waals surface area contributed by atoms with E-state index in [0.29, 0.717) is 32.1 Å². The van der Waals surface area contributed by atoms with Crippen molar-refractivity contribution in [1.29, 1.82) is 0 Å². The standard InChI is InChI=1S/C22H14ClNO3S/c23-21-11-10-20(28-21)18-12-16(15-8-4-5-9-17(15)24-18)22(26)27-13-19(25)14-6-2-1-3-7-14/h1-12H,13H2. The molecule has 138 valence electrons. The number of esters is 1. The molecule has 0 aliphatic rings. The number of halogens is 1. The molecule has 0 saturated carbocycles.